The molecule has 1 amide bonds. The molecule has 0 aliphatic heterocycles. The van der Waals surface area contributed by atoms with Gasteiger partial charge >= 0.3 is 0 Å². The highest BCUT2D eigenvalue weighted by molar-refractivity contribution is 9.10. The van der Waals surface area contributed by atoms with E-state index < -0.39 is 5.54 Å². The summed E-state index contributed by atoms with van der Waals surface area (Å²) in [5, 5.41) is 12.0. The number of hydrogen-bond acceptors (Lipinski definition) is 2. The van der Waals surface area contributed by atoms with Crippen LogP contribution in [0.3, 0.4) is 0 Å². The molecule has 0 saturated carbocycles. The summed E-state index contributed by atoms with van der Waals surface area (Å²) in [4.78, 5) is 12.0. The van der Waals surface area contributed by atoms with Gasteiger partial charge in [0.2, 0.25) is 0 Å². The van der Waals surface area contributed by atoms with Crippen molar-refractivity contribution in [2.75, 3.05) is 0 Å². The minimum Gasteiger partial charge on any atom is -0.334 e. The molecule has 1 N–H and O–H groups in total. The van der Waals surface area contributed by atoms with Crippen molar-refractivity contribution in [3.8, 4) is 6.07 Å². The summed E-state index contributed by atoms with van der Waals surface area (Å²) in [6.07, 6.45) is 0.529. The fraction of sp³-hybridized carbons (Fsp3) is 0.333. The first-order chi connectivity index (χ1) is 7.93. The number of carbonyl (C=O) groups excluding carboxylic acids is 1. The van der Waals surface area contributed by atoms with E-state index in [1.54, 1.807) is 25.1 Å². The van der Waals surface area contributed by atoms with Gasteiger partial charge in [0.15, 0.2) is 0 Å². The highest BCUT2D eigenvalue weighted by Gasteiger charge is 2.25. The van der Waals surface area contributed by atoms with E-state index in [1.807, 2.05) is 6.92 Å². The molecule has 0 saturated heterocycles. The molecule has 0 aromatic heterocycles. The fourth-order valence-electron chi connectivity index (χ4n) is 1.19. The molecule has 1 aromatic rings. The lowest BCUT2D eigenvalue weighted by Gasteiger charge is -2.21. The largest absolute Gasteiger partial charge is 0.334 e. The molecule has 0 fully saturated rings. The topological polar surface area (TPSA) is 52.9 Å². The minimum atomic E-state index is -0.872. The van der Waals surface area contributed by atoms with Gasteiger partial charge in [0, 0.05) is 4.47 Å². The average Bonchev–Trinajstić information content (AvgIpc) is 2.32. The average molecular weight is 316 g/mol. The zero-order valence-corrected chi connectivity index (χ0v) is 11.9. The monoisotopic (exact) mass is 314 g/mol. The van der Waals surface area contributed by atoms with Crippen LogP contribution in [0.15, 0.2) is 22.7 Å². The number of benzene rings is 1. The Labute approximate surface area is 114 Å². The summed E-state index contributed by atoms with van der Waals surface area (Å²) in [5.74, 6) is -0.345. The van der Waals surface area contributed by atoms with Gasteiger partial charge in [0.1, 0.15) is 5.54 Å². The molecule has 1 atom stereocenters. The smallest absolute Gasteiger partial charge is 0.254 e. The Hall–Kier alpha value is -1.05. The molecule has 0 aliphatic rings. The number of carbonyl (C=O) groups is 1. The summed E-state index contributed by atoms with van der Waals surface area (Å²) in [5.41, 5.74) is -0.515. The number of nitriles is 1. The lowest BCUT2D eigenvalue weighted by molar-refractivity contribution is 0.0923. The Morgan fingerprint density at radius 1 is 1.65 bits per heavy atom. The van der Waals surface area contributed by atoms with Crippen molar-refractivity contribution in [2.24, 2.45) is 0 Å². The third kappa shape index (κ3) is 3.21. The van der Waals surface area contributed by atoms with Crippen molar-refractivity contribution in [1.82, 2.24) is 5.32 Å². The van der Waals surface area contributed by atoms with Crippen molar-refractivity contribution in [2.45, 2.75) is 25.8 Å². The molecule has 17 heavy (non-hydrogen) atoms. The van der Waals surface area contributed by atoms with E-state index in [2.05, 4.69) is 27.3 Å². The summed E-state index contributed by atoms with van der Waals surface area (Å²) in [6, 6.07) is 7.17. The van der Waals surface area contributed by atoms with E-state index in [4.69, 9.17) is 16.9 Å². The van der Waals surface area contributed by atoms with Gasteiger partial charge in [-0.3, -0.25) is 4.79 Å². The van der Waals surface area contributed by atoms with Crippen LogP contribution in [0.1, 0.15) is 30.6 Å². The molecule has 1 unspecified atom stereocenters. The first-order valence-corrected chi connectivity index (χ1v) is 6.28. The van der Waals surface area contributed by atoms with Crippen molar-refractivity contribution >= 4 is 33.4 Å². The molecule has 90 valence electrons. The predicted molar refractivity (Wildman–Crippen MR) is 70.9 cm³/mol. The second-order valence-corrected chi connectivity index (χ2v) is 5.09. The van der Waals surface area contributed by atoms with Crippen LogP contribution in [0.4, 0.5) is 0 Å². The van der Waals surface area contributed by atoms with Gasteiger partial charge in [-0.1, -0.05) is 24.6 Å². The molecule has 5 heteroatoms. The van der Waals surface area contributed by atoms with Gasteiger partial charge < -0.3 is 5.32 Å². The Kier molecular flexibility index (Phi) is 4.55. The van der Waals surface area contributed by atoms with Crippen molar-refractivity contribution < 1.29 is 4.79 Å². The van der Waals surface area contributed by atoms with Crippen molar-refractivity contribution in [1.29, 1.82) is 5.26 Å². The molecular formula is C12H12BrClN2O. The summed E-state index contributed by atoms with van der Waals surface area (Å²) < 4.78 is 0.655. The summed E-state index contributed by atoms with van der Waals surface area (Å²) >= 11 is 9.26. The second kappa shape index (κ2) is 5.52. The summed E-state index contributed by atoms with van der Waals surface area (Å²) in [6.45, 7) is 3.52. The zero-order valence-electron chi connectivity index (χ0n) is 9.55. The number of nitrogens with zero attached hydrogens (tertiary/aromatic N) is 1. The third-order valence-electron chi connectivity index (χ3n) is 2.54. The molecule has 3 nitrogen and oxygen atoms in total. The van der Waals surface area contributed by atoms with E-state index >= 15 is 0 Å². The van der Waals surface area contributed by atoms with Crippen LogP contribution in [0.5, 0.6) is 0 Å². The fourth-order valence-corrected chi connectivity index (χ4v) is 1.77. The zero-order chi connectivity index (χ0) is 13.1. The Bertz CT molecular complexity index is 484. The maximum atomic E-state index is 12.0. The highest BCUT2D eigenvalue weighted by atomic mass is 79.9. The van der Waals surface area contributed by atoms with Crippen molar-refractivity contribution in [3.63, 3.8) is 0 Å². The molecular weight excluding hydrogens is 304 g/mol. The number of nitrogens with one attached hydrogen (secondary N) is 1. The SMILES string of the molecule is CCC(C)(C#N)NC(=O)c1cccc(Br)c1Cl. The van der Waals surface area contributed by atoms with Gasteiger partial charge in [-0.2, -0.15) is 5.26 Å². The lowest BCUT2D eigenvalue weighted by Crippen LogP contribution is -2.44. The van der Waals surface area contributed by atoms with Crippen LogP contribution in [0.2, 0.25) is 5.02 Å². The van der Waals surface area contributed by atoms with Gasteiger partial charge in [0.25, 0.3) is 5.91 Å². The van der Waals surface area contributed by atoms with Gasteiger partial charge in [0.05, 0.1) is 16.7 Å². The van der Waals surface area contributed by atoms with Crippen LogP contribution >= 0.6 is 27.5 Å². The Morgan fingerprint density at radius 2 is 2.29 bits per heavy atom. The van der Waals surface area contributed by atoms with Gasteiger partial charge in [-0.15, -0.1) is 0 Å². The maximum Gasteiger partial charge on any atom is 0.254 e. The number of rotatable bonds is 3. The van der Waals surface area contributed by atoms with E-state index in [9.17, 15) is 4.79 Å². The highest BCUT2D eigenvalue weighted by Crippen LogP contribution is 2.26. The molecule has 0 aliphatic carbocycles. The number of hydrogen-bond donors (Lipinski definition) is 1. The third-order valence-corrected chi connectivity index (χ3v) is 3.84. The van der Waals surface area contributed by atoms with E-state index in [1.165, 1.54) is 0 Å². The second-order valence-electron chi connectivity index (χ2n) is 3.85. The maximum absolute atomic E-state index is 12.0. The summed E-state index contributed by atoms with van der Waals surface area (Å²) in [7, 11) is 0. The molecule has 0 bridgehead atoms. The van der Waals surface area contributed by atoms with E-state index in [-0.39, 0.29) is 5.91 Å². The molecule has 1 aromatic carbocycles. The first-order valence-electron chi connectivity index (χ1n) is 5.11. The van der Waals surface area contributed by atoms with E-state index in [0.29, 0.717) is 21.5 Å². The Balaban J connectivity index is 2.99. The molecule has 0 spiro atoms. The normalized spacial score (nSPS) is 13.6. The molecule has 1 rings (SSSR count). The quantitative estimate of drug-likeness (QED) is 0.927. The van der Waals surface area contributed by atoms with Crippen LogP contribution in [-0.2, 0) is 0 Å². The Morgan fingerprint density at radius 3 is 2.82 bits per heavy atom. The lowest BCUT2D eigenvalue weighted by atomic mass is 10.0. The number of amides is 1. The number of halogens is 2. The van der Waals surface area contributed by atoms with E-state index in [0.717, 1.165) is 0 Å². The van der Waals surface area contributed by atoms with Crippen LogP contribution < -0.4 is 5.32 Å². The minimum absolute atomic E-state index is 0.345. The van der Waals surface area contributed by atoms with Crippen LogP contribution in [-0.4, -0.2) is 11.4 Å². The molecule has 0 radical (unpaired) electrons. The standard InChI is InChI=1S/C12H12BrClN2O/c1-3-12(2,7-15)16-11(17)8-5-4-6-9(13)10(8)14/h4-6H,3H2,1-2H3,(H,16,17). The van der Waals surface area contributed by atoms with Gasteiger partial charge in [-0.25, -0.2) is 0 Å². The molecule has 0 heterocycles. The predicted octanol–water partition coefficient (Wildman–Crippen LogP) is 3.52. The van der Waals surface area contributed by atoms with Crippen molar-refractivity contribution in [3.05, 3.63) is 33.3 Å². The van der Waals surface area contributed by atoms with Crippen LogP contribution in [0, 0.1) is 11.3 Å². The van der Waals surface area contributed by atoms with Crippen LogP contribution in [0.25, 0.3) is 0 Å². The first kappa shape index (κ1) is 14.0. The van der Waals surface area contributed by atoms with Gasteiger partial charge in [-0.05, 0) is 41.4 Å².